The number of carbonyl (C=O) groups is 2. The maximum atomic E-state index is 12.4. The molecule has 0 atom stereocenters. The van der Waals surface area contributed by atoms with Crippen molar-refractivity contribution in [2.75, 3.05) is 24.7 Å². The summed E-state index contributed by atoms with van der Waals surface area (Å²) in [6, 6.07) is 19.9. The number of hydrazine groups is 1. The summed E-state index contributed by atoms with van der Waals surface area (Å²) in [4.78, 5) is 23.7. The lowest BCUT2D eigenvalue weighted by molar-refractivity contribution is -0.143. The standard InChI is InChI=1S/C24H33N3O3/c1-2-30-24(29)17-11-3-4-12-18-25-19-23(28)26-27(22-15-9-6-10-16-22)20-21-13-7-5-8-14-21/h5-10,13-16,25H,2-4,11-12,17-20H2,1H3,(H,26,28). The molecule has 0 radical (unpaired) electrons. The van der Waals surface area contributed by atoms with Gasteiger partial charge >= 0.3 is 5.97 Å². The monoisotopic (exact) mass is 411 g/mol. The summed E-state index contributed by atoms with van der Waals surface area (Å²) >= 11 is 0. The summed E-state index contributed by atoms with van der Waals surface area (Å²) in [5, 5.41) is 5.07. The molecule has 30 heavy (non-hydrogen) atoms. The molecule has 6 nitrogen and oxygen atoms in total. The van der Waals surface area contributed by atoms with Gasteiger partial charge in [0.05, 0.1) is 25.4 Å². The number of esters is 1. The number of amides is 1. The van der Waals surface area contributed by atoms with Gasteiger partial charge in [-0.15, -0.1) is 0 Å². The van der Waals surface area contributed by atoms with Gasteiger partial charge in [0.1, 0.15) is 0 Å². The fraction of sp³-hybridized carbons (Fsp3) is 0.417. The molecular formula is C24H33N3O3. The Morgan fingerprint density at radius 3 is 2.27 bits per heavy atom. The molecule has 1 amide bonds. The first-order valence-electron chi connectivity index (χ1n) is 10.7. The van der Waals surface area contributed by atoms with Gasteiger partial charge in [-0.2, -0.15) is 0 Å². The Hall–Kier alpha value is -2.86. The van der Waals surface area contributed by atoms with Crippen molar-refractivity contribution in [2.45, 2.75) is 45.6 Å². The zero-order valence-electron chi connectivity index (χ0n) is 17.8. The molecule has 2 rings (SSSR count). The number of anilines is 1. The number of unbranched alkanes of at least 4 members (excludes halogenated alkanes) is 3. The third-order valence-corrected chi connectivity index (χ3v) is 4.59. The van der Waals surface area contributed by atoms with Crippen LogP contribution in [0.4, 0.5) is 5.69 Å². The van der Waals surface area contributed by atoms with E-state index in [1.807, 2.05) is 72.6 Å². The van der Waals surface area contributed by atoms with Crippen LogP contribution in [0.3, 0.4) is 0 Å². The van der Waals surface area contributed by atoms with Crippen molar-refractivity contribution in [3.05, 3.63) is 66.2 Å². The molecular weight excluding hydrogens is 378 g/mol. The first-order chi connectivity index (χ1) is 14.7. The average Bonchev–Trinajstić information content (AvgIpc) is 2.76. The van der Waals surface area contributed by atoms with Gasteiger partial charge in [-0.25, -0.2) is 0 Å². The van der Waals surface area contributed by atoms with Crippen LogP contribution in [0.15, 0.2) is 60.7 Å². The third kappa shape index (κ3) is 9.56. The fourth-order valence-electron chi connectivity index (χ4n) is 3.07. The van der Waals surface area contributed by atoms with E-state index in [-0.39, 0.29) is 18.4 Å². The summed E-state index contributed by atoms with van der Waals surface area (Å²) in [5.41, 5.74) is 5.06. The Balaban J connectivity index is 1.67. The average molecular weight is 412 g/mol. The Morgan fingerprint density at radius 2 is 1.57 bits per heavy atom. The van der Waals surface area contributed by atoms with Gasteiger partial charge in [0.25, 0.3) is 5.91 Å². The number of para-hydroxylation sites is 1. The summed E-state index contributed by atoms with van der Waals surface area (Å²) in [6.07, 6.45) is 4.33. The van der Waals surface area contributed by atoms with Crippen molar-refractivity contribution in [3.8, 4) is 0 Å². The minimum atomic E-state index is -0.120. The molecule has 2 aromatic rings. The molecule has 0 heterocycles. The van der Waals surface area contributed by atoms with Gasteiger partial charge in [-0.05, 0) is 44.0 Å². The highest BCUT2D eigenvalue weighted by Gasteiger charge is 2.10. The van der Waals surface area contributed by atoms with Gasteiger partial charge in [0, 0.05) is 6.42 Å². The molecule has 0 aromatic heterocycles. The van der Waals surface area contributed by atoms with E-state index in [1.165, 1.54) is 0 Å². The molecule has 0 aliphatic carbocycles. The van der Waals surface area contributed by atoms with Crippen LogP contribution in [0.5, 0.6) is 0 Å². The lowest BCUT2D eigenvalue weighted by Crippen LogP contribution is -2.45. The number of benzene rings is 2. The van der Waals surface area contributed by atoms with Crippen molar-refractivity contribution >= 4 is 17.6 Å². The van der Waals surface area contributed by atoms with Crippen molar-refractivity contribution in [1.29, 1.82) is 0 Å². The molecule has 0 aliphatic rings. The minimum Gasteiger partial charge on any atom is -0.466 e. The van der Waals surface area contributed by atoms with E-state index in [4.69, 9.17) is 4.74 Å². The van der Waals surface area contributed by atoms with E-state index in [1.54, 1.807) is 0 Å². The second-order valence-electron chi connectivity index (χ2n) is 7.09. The zero-order valence-corrected chi connectivity index (χ0v) is 17.8. The predicted molar refractivity (Wildman–Crippen MR) is 120 cm³/mol. The van der Waals surface area contributed by atoms with E-state index in [0.29, 0.717) is 19.6 Å². The van der Waals surface area contributed by atoms with Gasteiger partial charge in [-0.3, -0.25) is 20.0 Å². The first-order valence-corrected chi connectivity index (χ1v) is 10.7. The quantitative estimate of drug-likeness (QED) is 0.281. The molecule has 162 valence electrons. The summed E-state index contributed by atoms with van der Waals surface area (Å²) in [6.45, 7) is 3.90. The highest BCUT2D eigenvalue weighted by Crippen LogP contribution is 2.14. The maximum absolute atomic E-state index is 12.4. The second-order valence-corrected chi connectivity index (χ2v) is 7.09. The van der Waals surface area contributed by atoms with E-state index >= 15 is 0 Å². The van der Waals surface area contributed by atoms with Crippen LogP contribution >= 0.6 is 0 Å². The SMILES string of the molecule is CCOC(=O)CCCCCCNCC(=O)NN(Cc1ccccc1)c1ccccc1. The molecule has 0 unspecified atom stereocenters. The molecule has 0 saturated heterocycles. The highest BCUT2D eigenvalue weighted by molar-refractivity contribution is 5.79. The lowest BCUT2D eigenvalue weighted by Gasteiger charge is -2.25. The maximum Gasteiger partial charge on any atom is 0.305 e. The first kappa shape index (κ1) is 23.4. The van der Waals surface area contributed by atoms with Crippen LogP contribution in [0, 0.1) is 0 Å². The van der Waals surface area contributed by atoms with Crippen molar-refractivity contribution < 1.29 is 14.3 Å². The second kappa shape index (κ2) is 14.2. The Kier molecular flexibility index (Phi) is 11.1. The van der Waals surface area contributed by atoms with Crippen LogP contribution in [0.1, 0.15) is 44.6 Å². The number of hydrogen-bond acceptors (Lipinski definition) is 5. The van der Waals surface area contributed by atoms with Crippen molar-refractivity contribution in [1.82, 2.24) is 10.7 Å². The Labute approximate surface area is 179 Å². The molecule has 0 spiro atoms. The summed E-state index contributed by atoms with van der Waals surface area (Å²) < 4.78 is 4.91. The van der Waals surface area contributed by atoms with Crippen LogP contribution in [0.2, 0.25) is 0 Å². The molecule has 2 N–H and O–H groups in total. The molecule has 0 fully saturated rings. The molecule has 0 aliphatic heterocycles. The number of nitrogens with zero attached hydrogens (tertiary/aromatic N) is 1. The van der Waals surface area contributed by atoms with Crippen LogP contribution in [-0.4, -0.2) is 31.6 Å². The largest absolute Gasteiger partial charge is 0.466 e. The molecule has 0 bridgehead atoms. The number of hydrogen-bond donors (Lipinski definition) is 2. The third-order valence-electron chi connectivity index (χ3n) is 4.59. The molecule has 2 aromatic carbocycles. The van der Waals surface area contributed by atoms with Crippen LogP contribution < -0.4 is 15.8 Å². The van der Waals surface area contributed by atoms with Gasteiger partial charge in [0.15, 0.2) is 0 Å². The van der Waals surface area contributed by atoms with E-state index < -0.39 is 0 Å². The van der Waals surface area contributed by atoms with E-state index in [9.17, 15) is 9.59 Å². The topological polar surface area (TPSA) is 70.7 Å². The van der Waals surface area contributed by atoms with Gasteiger partial charge in [0.2, 0.25) is 0 Å². The fourth-order valence-corrected chi connectivity index (χ4v) is 3.07. The van der Waals surface area contributed by atoms with E-state index in [0.717, 1.165) is 43.5 Å². The smallest absolute Gasteiger partial charge is 0.305 e. The Morgan fingerprint density at radius 1 is 0.900 bits per heavy atom. The van der Waals surface area contributed by atoms with E-state index in [2.05, 4.69) is 10.7 Å². The minimum absolute atomic E-state index is 0.0721. The lowest BCUT2D eigenvalue weighted by atomic mass is 10.1. The zero-order chi connectivity index (χ0) is 21.4. The number of carbonyl (C=O) groups excluding carboxylic acids is 2. The Bertz CT molecular complexity index is 738. The predicted octanol–water partition coefficient (Wildman–Crippen LogP) is 3.83. The van der Waals surface area contributed by atoms with Crippen LogP contribution in [-0.2, 0) is 20.9 Å². The normalized spacial score (nSPS) is 10.4. The molecule has 0 saturated carbocycles. The van der Waals surface area contributed by atoms with Crippen LogP contribution in [0.25, 0.3) is 0 Å². The van der Waals surface area contributed by atoms with Gasteiger partial charge in [-0.1, -0.05) is 61.4 Å². The van der Waals surface area contributed by atoms with Crippen molar-refractivity contribution in [2.24, 2.45) is 0 Å². The number of nitrogens with one attached hydrogen (secondary N) is 2. The summed E-state index contributed by atoms with van der Waals surface area (Å²) in [5.74, 6) is -0.192. The van der Waals surface area contributed by atoms with Gasteiger partial charge < -0.3 is 10.1 Å². The number of rotatable bonds is 14. The number of ether oxygens (including phenoxy) is 1. The highest BCUT2D eigenvalue weighted by atomic mass is 16.5. The van der Waals surface area contributed by atoms with Crippen molar-refractivity contribution in [3.63, 3.8) is 0 Å². The molecule has 6 heteroatoms. The summed E-state index contributed by atoms with van der Waals surface area (Å²) in [7, 11) is 0.